The van der Waals surface area contributed by atoms with E-state index < -0.39 is 0 Å². The lowest BCUT2D eigenvalue weighted by Crippen LogP contribution is -2.16. The second-order valence-corrected chi connectivity index (χ2v) is 5.63. The van der Waals surface area contributed by atoms with Crippen LogP contribution in [0, 0.1) is 6.92 Å². The van der Waals surface area contributed by atoms with Crippen LogP contribution in [-0.2, 0) is 13.0 Å². The highest BCUT2D eigenvalue weighted by atomic mass is 16.5. The van der Waals surface area contributed by atoms with Crippen molar-refractivity contribution in [3.8, 4) is 5.75 Å². The number of para-hydroxylation sites is 2. The monoisotopic (exact) mass is 336 g/mol. The van der Waals surface area contributed by atoms with Crippen molar-refractivity contribution >= 4 is 11.6 Å². The van der Waals surface area contributed by atoms with Gasteiger partial charge in [-0.25, -0.2) is 0 Å². The summed E-state index contributed by atoms with van der Waals surface area (Å²) in [7, 11) is 0. The Hall–Kier alpha value is -3.08. The number of hydrogen-bond acceptors (Lipinski definition) is 4. The second kappa shape index (κ2) is 7.66. The zero-order chi connectivity index (χ0) is 17.6. The number of amides is 1. The van der Waals surface area contributed by atoms with Gasteiger partial charge >= 0.3 is 0 Å². The molecule has 1 aromatic heterocycles. The number of aromatic nitrogens is 1. The Morgan fingerprint density at radius 3 is 2.60 bits per heavy atom. The number of hydrogen-bond donors (Lipinski definition) is 1. The van der Waals surface area contributed by atoms with Crippen LogP contribution >= 0.6 is 0 Å². The average Bonchev–Trinajstić information content (AvgIpc) is 3.02. The van der Waals surface area contributed by atoms with Gasteiger partial charge in [-0.15, -0.1) is 0 Å². The summed E-state index contributed by atoms with van der Waals surface area (Å²) in [5.74, 6) is 1.00. The molecule has 0 bridgehead atoms. The summed E-state index contributed by atoms with van der Waals surface area (Å²) in [6, 6.07) is 17.1. The van der Waals surface area contributed by atoms with Gasteiger partial charge < -0.3 is 14.6 Å². The minimum Gasteiger partial charge on any atom is -0.489 e. The summed E-state index contributed by atoms with van der Waals surface area (Å²) in [6.45, 7) is 4.04. The Kier molecular flexibility index (Phi) is 5.14. The molecule has 0 radical (unpaired) electrons. The van der Waals surface area contributed by atoms with E-state index in [2.05, 4.69) is 10.5 Å². The minimum absolute atomic E-state index is 0.220. The number of nitrogens with zero attached hydrogens (tertiary/aromatic N) is 1. The Bertz CT molecular complexity index is 856. The van der Waals surface area contributed by atoms with Crippen molar-refractivity contribution in [2.45, 2.75) is 26.9 Å². The van der Waals surface area contributed by atoms with Crippen LogP contribution in [-0.4, -0.2) is 11.1 Å². The molecule has 0 aliphatic heterocycles. The van der Waals surface area contributed by atoms with Crippen molar-refractivity contribution in [3.63, 3.8) is 0 Å². The van der Waals surface area contributed by atoms with Gasteiger partial charge in [0.1, 0.15) is 18.1 Å². The number of anilines is 1. The lowest BCUT2D eigenvalue weighted by atomic mass is 10.1. The van der Waals surface area contributed by atoms with Crippen LogP contribution in [0.15, 0.2) is 59.1 Å². The molecule has 0 saturated carbocycles. The van der Waals surface area contributed by atoms with E-state index in [-0.39, 0.29) is 18.2 Å². The van der Waals surface area contributed by atoms with Crippen LogP contribution in [0.25, 0.3) is 0 Å². The van der Waals surface area contributed by atoms with Gasteiger partial charge in [-0.3, -0.25) is 4.79 Å². The van der Waals surface area contributed by atoms with Crippen LogP contribution in [0.2, 0.25) is 0 Å². The Morgan fingerprint density at radius 1 is 1.12 bits per heavy atom. The SMILES string of the molecule is CCc1ccccc1NC(=O)c1noc(C)c1COc1ccccc1. The maximum Gasteiger partial charge on any atom is 0.278 e. The molecular weight excluding hydrogens is 316 g/mol. The molecule has 1 N–H and O–H groups in total. The molecular formula is C20H20N2O3. The standard InChI is InChI=1S/C20H20N2O3/c1-3-15-9-7-8-12-18(15)21-20(23)19-17(14(2)25-22-19)13-24-16-10-5-4-6-11-16/h4-12H,3,13H2,1-2H3,(H,21,23). The van der Waals surface area contributed by atoms with E-state index in [0.717, 1.165) is 23.4 Å². The molecule has 1 amide bonds. The summed E-state index contributed by atoms with van der Waals surface area (Å²) >= 11 is 0. The Balaban J connectivity index is 1.77. The fourth-order valence-corrected chi connectivity index (χ4v) is 2.54. The van der Waals surface area contributed by atoms with Crippen LogP contribution in [0.5, 0.6) is 5.75 Å². The molecule has 5 nitrogen and oxygen atoms in total. The first kappa shape index (κ1) is 16.8. The number of carbonyl (C=O) groups is 1. The molecule has 0 spiro atoms. The molecule has 0 saturated heterocycles. The maximum absolute atomic E-state index is 12.6. The van der Waals surface area contributed by atoms with Crippen LogP contribution in [0.3, 0.4) is 0 Å². The Morgan fingerprint density at radius 2 is 1.84 bits per heavy atom. The summed E-state index contributed by atoms with van der Waals surface area (Å²) in [4.78, 5) is 12.6. The van der Waals surface area contributed by atoms with Crippen LogP contribution in [0.1, 0.15) is 34.3 Å². The third-order valence-corrected chi connectivity index (χ3v) is 3.97. The third-order valence-electron chi connectivity index (χ3n) is 3.97. The highest BCUT2D eigenvalue weighted by molar-refractivity contribution is 6.04. The summed E-state index contributed by atoms with van der Waals surface area (Å²) in [5.41, 5.74) is 2.75. The number of ether oxygens (including phenoxy) is 1. The van der Waals surface area contributed by atoms with Crippen molar-refractivity contribution in [2.75, 3.05) is 5.32 Å². The average molecular weight is 336 g/mol. The molecule has 1 heterocycles. The van der Waals surface area contributed by atoms with Crippen molar-refractivity contribution < 1.29 is 14.1 Å². The molecule has 0 unspecified atom stereocenters. The normalized spacial score (nSPS) is 10.5. The van der Waals surface area contributed by atoms with E-state index in [1.807, 2.05) is 61.5 Å². The van der Waals surface area contributed by atoms with Crippen LogP contribution in [0.4, 0.5) is 5.69 Å². The molecule has 0 aliphatic rings. The number of carbonyl (C=O) groups excluding carboxylic acids is 1. The highest BCUT2D eigenvalue weighted by Crippen LogP contribution is 2.21. The molecule has 3 rings (SSSR count). The molecule has 25 heavy (non-hydrogen) atoms. The Labute approximate surface area is 146 Å². The quantitative estimate of drug-likeness (QED) is 0.725. The lowest BCUT2D eigenvalue weighted by Gasteiger charge is -2.10. The smallest absolute Gasteiger partial charge is 0.278 e. The second-order valence-electron chi connectivity index (χ2n) is 5.63. The van der Waals surface area contributed by atoms with Crippen molar-refractivity contribution in [2.24, 2.45) is 0 Å². The fraction of sp³-hybridized carbons (Fsp3) is 0.200. The van der Waals surface area contributed by atoms with Crippen molar-refractivity contribution in [1.29, 1.82) is 0 Å². The van der Waals surface area contributed by atoms with Crippen LogP contribution < -0.4 is 10.1 Å². The van der Waals surface area contributed by atoms with Gasteiger partial charge in [-0.05, 0) is 37.1 Å². The van der Waals surface area contributed by atoms with E-state index >= 15 is 0 Å². The number of nitrogens with one attached hydrogen (secondary N) is 1. The summed E-state index contributed by atoms with van der Waals surface area (Å²) < 4.78 is 10.9. The van der Waals surface area contributed by atoms with E-state index in [4.69, 9.17) is 9.26 Å². The van der Waals surface area contributed by atoms with Gasteiger partial charge in [0.15, 0.2) is 5.69 Å². The van der Waals surface area contributed by atoms with Crippen molar-refractivity contribution in [3.05, 3.63) is 77.2 Å². The molecule has 5 heteroatoms. The lowest BCUT2D eigenvalue weighted by molar-refractivity contribution is 0.101. The highest BCUT2D eigenvalue weighted by Gasteiger charge is 2.21. The zero-order valence-electron chi connectivity index (χ0n) is 14.3. The van der Waals surface area contributed by atoms with Gasteiger partial charge in [0.25, 0.3) is 5.91 Å². The third kappa shape index (κ3) is 3.88. The van der Waals surface area contributed by atoms with E-state index in [9.17, 15) is 4.79 Å². The first-order valence-electron chi connectivity index (χ1n) is 8.21. The fourth-order valence-electron chi connectivity index (χ4n) is 2.54. The largest absolute Gasteiger partial charge is 0.489 e. The van der Waals surface area contributed by atoms with E-state index in [1.165, 1.54) is 0 Å². The molecule has 3 aromatic rings. The van der Waals surface area contributed by atoms with Crippen molar-refractivity contribution in [1.82, 2.24) is 5.16 Å². The molecule has 2 aromatic carbocycles. The van der Waals surface area contributed by atoms with E-state index in [0.29, 0.717) is 11.3 Å². The number of aryl methyl sites for hydroxylation is 2. The zero-order valence-corrected chi connectivity index (χ0v) is 14.3. The molecule has 0 atom stereocenters. The maximum atomic E-state index is 12.6. The first-order chi connectivity index (χ1) is 12.2. The van der Waals surface area contributed by atoms with Gasteiger partial charge in [-0.2, -0.15) is 0 Å². The summed E-state index contributed by atoms with van der Waals surface area (Å²) in [5, 5.41) is 6.83. The van der Waals surface area contributed by atoms with Gasteiger partial charge in [0.2, 0.25) is 0 Å². The van der Waals surface area contributed by atoms with E-state index in [1.54, 1.807) is 6.92 Å². The molecule has 0 fully saturated rings. The predicted octanol–water partition coefficient (Wildman–Crippen LogP) is 4.38. The molecule has 128 valence electrons. The van der Waals surface area contributed by atoms with Gasteiger partial charge in [0, 0.05) is 5.69 Å². The summed E-state index contributed by atoms with van der Waals surface area (Å²) in [6.07, 6.45) is 0.832. The first-order valence-corrected chi connectivity index (χ1v) is 8.21. The topological polar surface area (TPSA) is 64.4 Å². The number of rotatable bonds is 6. The number of benzene rings is 2. The minimum atomic E-state index is -0.301. The predicted molar refractivity (Wildman–Crippen MR) is 95.8 cm³/mol. The molecule has 0 aliphatic carbocycles. The van der Waals surface area contributed by atoms with Gasteiger partial charge in [0.05, 0.1) is 5.56 Å². The van der Waals surface area contributed by atoms with Gasteiger partial charge in [-0.1, -0.05) is 48.5 Å².